The smallest absolute Gasteiger partial charge is 0.217 e. The molecule has 4 nitrogen and oxygen atoms in total. The quantitative estimate of drug-likeness (QED) is 0.257. The van der Waals surface area contributed by atoms with E-state index in [2.05, 4.69) is 85.4 Å². The highest BCUT2D eigenvalue weighted by atomic mass is 79.9. The van der Waals surface area contributed by atoms with Gasteiger partial charge in [-0.1, -0.05) is 68.3 Å². The topological polar surface area (TPSA) is 34.1 Å². The van der Waals surface area contributed by atoms with Crippen molar-refractivity contribution in [1.29, 1.82) is 0 Å². The fourth-order valence-electron chi connectivity index (χ4n) is 4.70. The molecule has 0 N–H and O–H groups in total. The molecule has 2 aliphatic heterocycles. The number of methoxy groups -OCH3 is 1. The van der Waals surface area contributed by atoms with Crippen LogP contribution in [0.15, 0.2) is 92.9 Å². The van der Waals surface area contributed by atoms with Crippen LogP contribution in [-0.4, -0.2) is 17.8 Å². The molecular weight excluding hydrogens is 544 g/mol. The summed E-state index contributed by atoms with van der Waals surface area (Å²) < 4.78 is 14.2. The molecule has 33 heavy (non-hydrogen) atoms. The molecule has 0 amide bonds. The third kappa shape index (κ3) is 3.62. The molecule has 6 heteroatoms. The van der Waals surface area contributed by atoms with Crippen LogP contribution >= 0.6 is 31.9 Å². The lowest BCUT2D eigenvalue weighted by Crippen LogP contribution is -2.34. The lowest BCUT2D eigenvalue weighted by molar-refractivity contribution is -0.0204. The van der Waals surface area contributed by atoms with Gasteiger partial charge in [-0.25, -0.2) is 5.01 Å². The lowest BCUT2D eigenvalue weighted by Gasteiger charge is -2.38. The molecule has 0 aromatic heterocycles. The molecule has 4 aromatic rings. The second kappa shape index (κ2) is 8.19. The van der Waals surface area contributed by atoms with E-state index >= 15 is 0 Å². The van der Waals surface area contributed by atoms with E-state index in [1.807, 2.05) is 30.3 Å². The van der Waals surface area contributed by atoms with Gasteiger partial charge in [-0.15, -0.1) is 0 Å². The van der Waals surface area contributed by atoms with Crippen LogP contribution in [0.2, 0.25) is 0 Å². The van der Waals surface area contributed by atoms with Gasteiger partial charge in [0.25, 0.3) is 0 Å². The van der Waals surface area contributed by atoms with Crippen molar-refractivity contribution in [3.63, 3.8) is 0 Å². The lowest BCUT2D eigenvalue weighted by atomic mass is 9.95. The number of hydrazone groups is 1. The van der Waals surface area contributed by atoms with Crippen LogP contribution in [0.25, 0.3) is 10.8 Å². The molecule has 0 saturated heterocycles. The first-order chi connectivity index (χ1) is 16.1. The zero-order chi connectivity index (χ0) is 22.5. The maximum atomic E-state index is 6.54. The highest BCUT2D eigenvalue weighted by molar-refractivity contribution is 9.10. The van der Waals surface area contributed by atoms with E-state index in [-0.39, 0.29) is 6.04 Å². The van der Waals surface area contributed by atoms with E-state index in [1.165, 1.54) is 10.8 Å². The Bertz CT molecular complexity index is 1420. The van der Waals surface area contributed by atoms with Crippen molar-refractivity contribution >= 4 is 48.3 Å². The van der Waals surface area contributed by atoms with E-state index in [9.17, 15) is 0 Å². The van der Waals surface area contributed by atoms with E-state index in [0.717, 1.165) is 49.3 Å². The van der Waals surface area contributed by atoms with Gasteiger partial charge in [0.2, 0.25) is 6.23 Å². The Balaban J connectivity index is 1.48. The molecule has 0 fully saturated rings. The Hall–Kier alpha value is -2.83. The van der Waals surface area contributed by atoms with Crippen LogP contribution in [0.1, 0.15) is 35.4 Å². The van der Waals surface area contributed by atoms with E-state index in [4.69, 9.17) is 14.6 Å². The average Bonchev–Trinajstić information content (AvgIpc) is 3.29. The first-order valence-corrected chi connectivity index (χ1v) is 12.3. The predicted octanol–water partition coefficient (Wildman–Crippen LogP) is 7.62. The van der Waals surface area contributed by atoms with Crippen molar-refractivity contribution < 1.29 is 9.47 Å². The van der Waals surface area contributed by atoms with Crippen molar-refractivity contribution in [2.75, 3.05) is 7.11 Å². The zero-order valence-electron chi connectivity index (χ0n) is 17.8. The van der Waals surface area contributed by atoms with Gasteiger partial charge in [0.1, 0.15) is 11.5 Å². The Morgan fingerprint density at radius 2 is 1.64 bits per heavy atom. The van der Waals surface area contributed by atoms with Crippen LogP contribution in [-0.2, 0) is 0 Å². The molecule has 0 radical (unpaired) electrons. The summed E-state index contributed by atoms with van der Waals surface area (Å²) in [6.45, 7) is 0. The van der Waals surface area contributed by atoms with Gasteiger partial charge in [0.05, 0.1) is 24.4 Å². The molecule has 2 heterocycles. The third-order valence-electron chi connectivity index (χ3n) is 6.29. The van der Waals surface area contributed by atoms with Crippen LogP contribution in [0, 0.1) is 0 Å². The second-order valence-corrected chi connectivity index (χ2v) is 10.1. The number of halogens is 2. The minimum atomic E-state index is -0.394. The number of nitrogens with zero attached hydrogens (tertiary/aromatic N) is 2. The molecule has 0 spiro atoms. The Morgan fingerprint density at radius 3 is 2.45 bits per heavy atom. The number of hydrogen-bond donors (Lipinski definition) is 0. The molecule has 0 saturated carbocycles. The number of fused-ring (bicyclic) bond motifs is 4. The van der Waals surface area contributed by atoms with Crippen molar-refractivity contribution in [3.05, 3.63) is 104 Å². The molecule has 2 atom stereocenters. The van der Waals surface area contributed by atoms with Crippen LogP contribution in [0.5, 0.6) is 11.5 Å². The summed E-state index contributed by atoms with van der Waals surface area (Å²) in [5, 5.41) is 9.65. The fraction of sp³-hybridized carbons (Fsp3) is 0.148. The molecule has 0 bridgehead atoms. The summed E-state index contributed by atoms with van der Waals surface area (Å²) in [6.07, 6.45) is 0.409. The summed E-state index contributed by atoms with van der Waals surface area (Å²) in [5.74, 6) is 1.65. The monoisotopic (exact) mass is 562 g/mol. The fourth-order valence-corrected chi connectivity index (χ4v) is 5.46. The highest BCUT2D eigenvalue weighted by Crippen LogP contribution is 2.49. The Labute approximate surface area is 209 Å². The van der Waals surface area contributed by atoms with Crippen LogP contribution in [0.4, 0.5) is 0 Å². The number of rotatable bonds is 3. The Morgan fingerprint density at radius 1 is 0.879 bits per heavy atom. The molecule has 2 aliphatic rings. The first kappa shape index (κ1) is 20.8. The minimum absolute atomic E-state index is 0.0707. The number of hydrogen-bond acceptors (Lipinski definition) is 4. The number of ether oxygens (including phenoxy) is 2. The molecule has 0 aliphatic carbocycles. The standard InChI is InChI=1S/C27H20Br2N2O2/c1-32-25-10-8-20(29)14-22(25)27-31-24(21-13-19(28)9-11-26(21)33-27)15-23(30-31)18-7-6-16-4-2-3-5-17(16)12-18/h2-14,24,27H,15H2,1H3. The van der Waals surface area contributed by atoms with E-state index in [1.54, 1.807) is 7.11 Å². The maximum Gasteiger partial charge on any atom is 0.217 e. The van der Waals surface area contributed by atoms with Gasteiger partial charge < -0.3 is 9.47 Å². The molecular formula is C27H20Br2N2O2. The molecule has 6 rings (SSSR count). The summed E-state index contributed by atoms with van der Waals surface area (Å²) in [6, 6.07) is 27.2. The predicted molar refractivity (Wildman–Crippen MR) is 138 cm³/mol. The molecule has 4 aromatic carbocycles. The zero-order valence-corrected chi connectivity index (χ0v) is 21.0. The van der Waals surface area contributed by atoms with Gasteiger partial charge in [-0.3, -0.25) is 0 Å². The third-order valence-corrected chi connectivity index (χ3v) is 7.28. The second-order valence-electron chi connectivity index (χ2n) is 8.25. The number of benzene rings is 4. The maximum absolute atomic E-state index is 6.54. The van der Waals surface area contributed by atoms with E-state index < -0.39 is 6.23 Å². The summed E-state index contributed by atoms with van der Waals surface area (Å²) in [4.78, 5) is 0. The minimum Gasteiger partial charge on any atom is -0.496 e. The largest absolute Gasteiger partial charge is 0.496 e. The normalized spacial score (nSPS) is 19.0. The summed E-state index contributed by atoms with van der Waals surface area (Å²) >= 11 is 7.24. The summed E-state index contributed by atoms with van der Waals surface area (Å²) in [5.41, 5.74) is 4.27. The van der Waals surface area contributed by atoms with E-state index in [0.29, 0.717) is 0 Å². The van der Waals surface area contributed by atoms with Crippen molar-refractivity contribution in [2.24, 2.45) is 5.10 Å². The van der Waals surface area contributed by atoms with Gasteiger partial charge in [-0.2, -0.15) is 5.10 Å². The first-order valence-electron chi connectivity index (χ1n) is 10.8. The Kier molecular flexibility index (Phi) is 5.15. The molecule has 164 valence electrons. The van der Waals surface area contributed by atoms with Gasteiger partial charge >= 0.3 is 0 Å². The van der Waals surface area contributed by atoms with Gasteiger partial charge in [-0.05, 0) is 58.8 Å². The van der Waals surface area contributed by atoms with Crippen molar-refractivity contribution in [2.45, 2.75) is 18.7 Å². The van der Waals surface area contributed by atoms with Crippen molar-refractivity contribution in [1.82, 2.24) is 5.01 Å². The van der Waals surface area contributed by atoms with Crippen LogP contribution < -0.4 is 9.47 Å². The van der Waals surface area contributed by atoms with Crippen molar-refractivity contribution in [3.8, 4) is 11.5 Å². The summed E-state index contributed by atoms with van der Waals surface area (Å²) in [7, 11) is 1.69. The van der Waals surface area contributed by atoms with Gasteiger partial charge in [0, 0.05) is 20.9 Å². The average molecular weight is 564 g/mol. The highest BCUT2D eigenvalue weighted by Gasteiger charge is 2.42. The van der Waals surface area contributed by atoms with Crippen LogP contribution in [0.3, 0.4) is 0 Å². The SMILES string of the molecule is COc1ccc(Br)cc1C1Oc2ccc(Br)cc2C2CC(c3ccc4ccccc4c3)=NN21. The molecule has 2 unspecified atom stereocenters. The van der Waals surface area contributed by atoms with Gasteiger partial charge in [0.15, 0.2) is 0 Å².